The first-order valence-corrected chi connectivity index (χ1v) is 4.90. The first kappa shape index (κ1) is 7.59. The lowest BCUT2D eigenvalue weighted by Gasteiger charge is -2.25. The molecule has 0 saturated heterocycles. The highest BCUT2D eigenvalue weighted by Gasteiger charge is 2.20. The van der Waals surface area contributed by atoms with Crippen LogP contribution in [0, 0.1) is 5.92 Å². The Morgan fingerprint density at radius 2 is 2.00 bits per heavy atom. The van der Waals surface area contributed by atoms with E-state index in [4.69, 9.17) is 0 Å². The van der Waals surface area contributed by atoms with Crippen molar-refractivity contribution in [3.63, 3.8) is 0 Å². The molecule has 1 heteroatoms. The third-order valence-corrected chi connectivity index (χ3v) is 3.55. The molecule has 0 N–H and O–H groups in total. The van der Waals surface area contributed by atoms with Crippen molar-refractivity contribution in [1.29, 1.82) is 0 Å². The Bertz CT molecular complexity index is 80.6. The van der Waals surface area contributed by atoms with Crippen molar-refractivity contribution < 1.29 is 0 Å². The predicted molar refractivity (Wildman–Crippen MR) is 45.0 cm³/mol. The van der Waals surface area contributed by atoms with Crippen LogP contribution in [0.2, 0.25) is 0 Å². The average molecular weight is 191 g/mol. The summed E-state index contributed by atoms with van der Waals surface area (Å²) >= 11 is 3.71. The van der Waals surface area contributed by atoms with E-state index in [1.807, 2.05) is 0 Å². The van der Waals surface area contributed by atoms with Crippen molar-refractivity contribution in [3.8, 4) is 0 Å². The zero-order valence-electron chi connectivity index (χ0n) is 6.07. The van der Waals surface area contributed by atoms with Crippen LogP contribution in [0.4, 0.5) is 0 Å². The van der Waals surface area contributed by atoms with Crippen LogP contribution in [0.5, 0.6) is 0 Å². The Hall–Kier alpha value is 0.480. The lowest BCUT2D eigenvalue weighted by Crippen LogP contribution is -2.17. The number of halogens is 1. The molecule has 1 unspecified atom stereocenters. The minimum absolute atomic E-state index is 0.830. The normalized spacial score (nSPS) is 36.7. The van der Waals surface area contributed by atoms with Crippen molar-refractivity contribution in [1.82, 2.24) is 0 Å². The summed E-state index contributed by atoms with van der Waals surface area (Å²) in [6.07, 6.45) is 7.11. The van der Waals surface area contributed by atoms with Gasteiger partial charge in [0, 0.05) is 4.83 Å². The molecule has 2 atom stereocenters. The monoisotopic (exact) mass is 190 g/mol. The van der Waals surface area contributed by atoms with Gasteiger partial charge < -0.3 is 0 Å². The molecule has 1 saturated carbocycles. The highest BCUT2D eigenvalue weighted by Crippen LogP contribution is 2.31. The molecular formula is C8H15Br. The molecule has 0 heterocycles. The molecule has 0 bridgehead atoms. The molecule has 0 amide bonds. The van der Waals surface area contributed by atoms with E-state index in [1.54, 1.807) is 0 Å². The van der Waals surface area contributed by atoms with Gasteiger partial charge in [-0.15, -0.1) is 0 Å². The first-order chi connectivity index (χ1) is 4.34. The summed E-state index contributed by atoms with van der Waals surface area (Å²) in [6, 6.07) is 0. The van der Waals surface area contributed by atoms with E-state index in [9.17, 15) is 0 Å². The largest absolute Gasteiger partial charge is 0.0888 e. The van der Waals surface area contributed by atoms with Gasteiger partial charge in [0.15, 0.2) is 0 Å². The molecule has 9 heavy (non-hydrogen) atoms. The third kappa shape index (κ3) is 1.96. The van der Waals surface area contributed by atoms with E-state index in [2.05, 4.69) is 22.9 Å². The standard InChI is InChI=1S/C8H15Br/c1-2-7-5-3-4-6-8(7)9/h7-8H,2-6H2,1H3/t7?,8-/m1/s1. The van der Waals surface area contributed by atoms with Crippen LogP contribution in [0.1, 0.15) is 39.0 Å². The highest BCUT2D eigenvalue weighted by atomic mass is 79.9. The second kappa shape index (κ2) is 3.60. The maximum absolute atomic E-state index is 3.71. The zero-order valence-corrected chi connectivity index (χ0v) is 7.65. The van der Waals surface area contributed by atoms with Crippen LogP contribution in [0.25, 0.3) is 0 Å². The van der Waals surface area contributed by atoms with E-state index < -0.39 is 0 Å². The Balaban J connectivity index is 2.30. The van der Waals surface area contributed by atoms with Crippen LogP contribution in [-0.2, 0) is 0 Å². The molecular weight excluding hydrogens is 176 g/mol. The second-order valence-electron chi connectivity index (χ2n) is 2.97. The quantitative estimate of drug-likeness (QED) is 0.557. The predicted octanol–water partition coefficient (Wildman–Crippen LogP) is 3.35. The smallest absolute Gasteiger partial charge is 0.0174 e. The summed E-state index contributed by atoms with van der Waals surface area (Å²) in [7, 11) is 0. The molecule has 1 aliphatic carbocycles. The third-order valence-electron chi connectivity index (χ3n) is 2.34. The fourth-order valence-corrected chi connectivity index (χ4v) is 2.58. The van der Waals surface area contributed by atoms with Gasteiger partial charge in [0.2, 0.25) is 0 Å². The van der Waals surface area contributed by atoms with Gasteiger partial charge in [0.05, 0.1) is 0 Å². The Morgan fingerprint density at radius 1 is 1.33 bits per heavy atom. The van der Waals surface area contributed by atoms with Gasteiger partial charge in [0.25, 0.3) is 0 Å². The summed E-state index contributed by atoms with van der Waals surface area (Å²) in [5.41, 5.74) is 0. The lowest BCUT2D eigenvalue weighted by molar-refractivity contribution is 0.366. The van der Waals surface area contributed by atoms with Crippen LogP contribution in [0.3, 0.4) is 0 Å². The Morgan fingerprint density at radius 3 is 2.44 bits per heavy atom. The molecule has 0 aliphatic heterocycles. The van der Waals surface area contributed by atoms with Crippen molar-refractivity contribution in [2.75, 3.05) is 0 Å². The van der Waals surface area contributed by atoms with Gasteiger partial charge in [-0.25, -0.2) is 0 Å². The van der Waals surface area contributed by atoms with Gasteiger partial charge in [-0.1, -0.05) is 42.1 Å². The minimum Gasteiger partial charge on any atom is -0.0888 e. The fraction of sp³-hybridized carbons (Fsp3) is 1.00. The van der Waals surface area contributed by atoms with Crippen molar-refractivity contribution in [2.45, 2.75) is 43.9 Å². The van der Waals surface area contributed by atoms with E-state index in [0.29, 0.717) is 0 Å². The molecule has 0 aromatic heterocycles. The summed E-state index contributed by atoms with van der Waals surface area (Å²) in [5.74, 6) is 0.971. The van der Waals surface area contributed by atoms with Crippen molar-refractivity contribution in [3.05, 3.63) is 0 Å². The molecule has 0 aromatic rings. The summed E-state index contributed by atoms with van der Waals surface area (Å²) < 4.78 is 0. The molecule has 1 aliphatic rings. The van der Waals surface area contributed by atoms with Gasteiger partial charge in [0.1, 0.15) is 0 Å². The first-order valence-electron chi connectivity index (χ1n) is 3.98. The second-order valence-corrected chi connectivity index (χ2v) is 4.14. The van der Waals surface area contributed by atoms with Gasteiger partial charge in [-0.2, -0.15) is 0 Å². The maximum Gasteiger partial charge on any atom is 0.0174 e. The molecule has 0 spiro atoms. The molecule has 54 valence electrons. The van der Waals surface area contributed by atoms with E-state index in [0.717, 1.165) is 10.7 Å². The van der Waals surface area contributed by atoms with E-state index >= 15 is 0 Å². The Kier molecular flexibility index (Phi) is 3.03. The van der Waals surface area contributed by atoms with E-state index in [-0.39, 0.29) is 0 Å². The van der Waals surface area contributed by atoms with E-state index in [1.165, 1.54) is 32.1 Å². The fourth-order valence-electron chi connectivity index (χ4n) is 1.62. The summed E-state index contributed by atoms with van der Waals surface area (Å²) in [6.45, 7) is 2.30. The van der Waals surface area contributed by atoms with Crippen LogP contribution in [-0.4, -0.2) is 4.83 Å². The minimum atomic E-state index is 0.830. The molecule has 1 fully saturated rings. The van der Waals surface area contributed by atoms with Crippen LogP contribution in [0.15, 0.2) is 0 Å². The topological polar surface area (TPSA) is 0 Å². The Labute approximate surface area is 66.2 Å². The lowest BCUT2D eigenvalue weighted by atomic mass is 9.87. The number of rotatable bonds is 1. The van der Waals surface area contributed by atoms with Gasteiger partial charge in [-0.05, 0) is 18.8 Å². The highest BCUT2D eigenvalue weighted by molar-refractivity contribution is 9.09. The maximum atomic E-state index is 3.71. The average Bonchev–Trinajstić information content (AvgIpc) is 1.89. The molecule has 1 rings (SSSR count). The zero-order chi connectivity index (χ0) is 6.69. The molecule has 0 nitrogen and oxygen atoms in total. The SMILES string of the molecule is CCC1CCCC[C@H]1Br. The van der Waals surface area contributed by atoms with Crippen LogP contribution >= 0.6 is 15.9 Å². The van der Waals surface area contributed by atoms with Crippen molar-refractivity contribution >= 4 is 15.9 Å². The van der Waals surface area contributed by atoms with Crippen molar-refractivity contribution in [2.24, 2.45) is 5.92 Å². The number of hydrogen-bond acceptors (Lipinski definition) is 0. The molecule has 0 radical (unpaired) electrons. The number of hydrogen-bond donors (Lipinski definition) is 0. The van der Waals surface area contributed by atoms with Gasteiger partial charge in [-0.3, -0.25) is 0 Å². The van der Waals surface area contributed by atoms with Crippen LogP contribution < -0.4 is 0 Å². The number of alkyl halides is 1. The van der Waals surface area contributed by atoms with Gasteiger partial charge >= 0.3 is 0 Å². The summed E-state index contributed by atoms with van der Waals surface area (Å²) in [4.78, 5) is 0.830. The molecule has 0 aromatic carbocycles. The summed E-state index contributed by atoms with van der Waals surface area (Å²) in [5, 5.41) is 0.